The number of amidine groups is 1. The number of benzene rings is 2. The number of carbonyl (C=O) groups is 1. The summed E-state index contributed by atoms with van der Waals surface area (Å²) in [7, 11) is -3.21. The number of nitrogens with zero attached hydrogens (tertiary/aromatic N) is 2. The zero-order chi connectivity index (χ0) is 21.5. The molecule has 2 unspecified atom stereocenters. The summed E-state index contributed by atoms with van der Waals surface area (Å²) in [5.41, 5.74) is 0.476. The predicted octanol–water partition coefficient (Wildman–Crippen LogP) is 3.81. The number of carbonyl (C=O) groups excluding carboxylic acids is 1. The van der Waals surface area contributed by atoms with Crippen LogP contribution in [0.4, 0.5) is 10.1 Å². The number of thioether (sulfide) groups is 1. The van der Waals surface area contributed by atoms with Gasteiger partial charge in [-0.25, -0.2) is 12.8 Å². The summed E-state index contributed by atoms with van der Waals surface area (Å²) in [5.74, 6) is -0.740. The van der Waals surface area contributed by atoms with E-state index in [9.17, 15) is 17.6 Å². The summed E-state index contributed by atoms with van der Waals surface area (Å²) in [6.07, 6.45) is 0. The summed E-state index contributed by atoms with van der Waals surface area (Å²) in [5, 5.41) is 0.514. The van der Waals surface area contributed by atoms with Crippen molar-refractivity contribution in [2.45, 2.75) is 11.3 Å². The van der Waals surface area contributed by atoms with Crippen LogP contribution in [-0.4, -0.2) is 48.9 Å². The maximum Gasteiger partial charge on any atom is 0.285 e. The summed E-state index contributed by atoms with van der Waals surface area (Å²) in [6.45, 7) is -0.294. The number of amides is 1. The Bertz CT molecular complexity index is 1130. The molecule has 2 aliphatic heterocycles. The molecule has 1 amide bonds. The molecule has 2 atom stereocenters. The van der Waals surface area contributed by atoms with Crippen molar-refractivity contribution in [1.29, 1.82) is 0 Å². The van der Waals surface area contributed by atoms with Gasteiger partial charge in [-0.15, -0.1) is 0 Å². The van der Waals surface area contributed by atoms with Crippen LogP contribution in [0.1, 0.15) is 0 Å². The van der Waals surface area contributed by atoms with Crippen molar-refractivity contribution >= 4 is 61.6 Å². The highest BCUT2D eigenvalue weighted by molar-refractivity contribution is 8.16. The molecule has 2 saturated heterocycles. The van der Waals surface area contributed by atoms with Gasteiger partial charge in [0, 0.05) is 16.0 Å². The Hall–Kier alpha value is -1.81. The predicted molar refractivity (Wildman–Crippen MR) is 117 cm³/mol. The van der Waals surface area contributed by atoms with Gasteiger partial charge >= 0.3 is 0 Å². The number of hydrogen-bond acceptors (Lipinski definition) is 5. The first-order chi connectivity index (χ1) is 14.2. The number of hydrogen-bond donors (Lipinski definition) is 0. The molecular formula is C19H15Cl2FN2O4S2. The van der Waals surface area contributed by atoms with Crippen LogP contribution in [0.5, 0.6) is 5.75 Å². The first-order valence-electron chi connectivity index (χ1n) is 8.83. The van der Waals surface area contributed by atoms with Crippen molar-refractivity contribution in [1.82, 2.24) is 0 Å². The van der Waals surface area contributed by atoms with Gasteiger partial charge < -0.3 is 9.64 Å². The van der Waals surface area contributed by atoms with E-state index in [2.05, 4.69) is 4.99 Å². The molecule has 2 aliphatic rings. The van der Waals surface area contributed by atoms with Gasteiger partial charge in [0.25, 0.3) is 5.91 Å². The van der Waals surface area contributed by atoms with E-state index < -0.39 is 27.6 Å². The lowest BCUT2D eigenvalue weighted by Gasteiger charge is -2.24. The van der Waals surface area contributed by atoms with E-state index in [1.165, 1.54) is 30.0 Å². The van der Waals surface area contributed by atoms with Gasteiger partial charge in [-0.2, -0.15) is 4.99 Å². The summed E-state index contributed by atoms with van der Waals surface area (Å²) >= 11 is 12.9. The van der Waals surface area contributed by atoms with Crippen LogP contribution in [-0.2, 0) is 14.6 Å². The Morgan fingerprint density at radius 2 is 1.93 bits per heavy atom. The number of halogens is 3. The molecule has 11 heteroatoms. The molecule has 0 N–H and O–H groups in total. The third-order valence-corrected chi connectivity index (χ3v) is 8.40. The van der Waals surface area contributed by atoms with Crippen molar-refractivity contribution in [2.24, 2.45) is 4.99 Å². The quantitative estimate of drug-likeness (QED) is 0.650. The van der Waals surface area contributed by atoms with Gasteiger partial charge in [-0.3, -0.25) is 4.79 Å². The Kier molecular flexibility index (Phi) is 5.98. The largest absolute Gasteiger partial charge is 0.484 e. The molecule has 4 rings (SSSR count). The van der Waals surface area contributed by atoms with Gasteiger partial charge in [-0.05, 0) is 42.5 Å². The van der Waals surface area contributed by atoms with E-state index in [1.54, 1.807) is 29.2 Å². The number of fused-ring (bicyclic) bond motifs is 1. The highest BCUT2D eigenvalue weighted by Crippen LogP contribution is 2.41. The molecule has 2 heterocycles. The molecule has 0 aliphatic carbocycles. The Labute approximate surface area is 186 Å². The molecule has 0 saturated carbocycles. The third-order valence-electron chi connectivity index (χ3n) is 4.64. The van der Waals surface area contributed by atoms with Gasteiger partial charge in [0.15, 0.2) is 21.6 Å². The highest BCUT2D eigenvalue weighted by Gasteiger charge is 2.49. The van der Waals surface area contributed by atoms with Gasteiger partial charge in [0.05, 0.1) is 22.6 Å². The average molecular weight is 489 g/mol. The second-order valence-corrected chi connectivity index (χ2v) is 11.0. The summed E-state index contributed by atoms with van der Waals surface area (Å²) < 4.78 is 43.2. The molecule has 2 aromatic carbocycles. The molecule has 0 spiro atoms. The number of ether oxygens (including phenoxy) is 1. The number of rotatable bonds is 4. The smallest absolute Gasteiger partial charge is 0.285 e. The lowest BCUT2D eigenvalue weighted by Crippen LogP contribution is -2.37. The first kappa shape index (κ1) is 21.4. The topological polar surface area (TPSA) is 76.0 Å². The lowest BCUT2D eigenvalue weighted by molar-refractivity contribution is -0.119. The summed E-state index contributed by atoms with van der Waals surface area (Å²) in [4.78, 5) is 18.2. The monoisotopic (exact) mass is 488 g/mol. The van der Waals surface area contributed by atoms with E-state index in [0.717, 1.165) is 0 Å². The summed E-state index contributed by atoms with van der Waals surface area (Å²) in [6, 6.07) is 10.2. The van der Waals surface area contributed by atoms with E-state index in [0.29, 0.717) is 21.6 Å². The molecule has 0 bridgehead atoms. The molecule has 158 valence electrons. The Morgan fingerprint density at radius 3 is 2.63 bits per heavy atom. The SMILES string of the molecule is O=C(COc1ccc(Cl)cc1)N=C1SC2CS(=O)(=O)CC2N1c1ccc(F)c(Cl)c1. The van der Waals surface area contributed by atoms with Crippen LogP contribution in [0, 0.1) is 5.82 Å². The molecule has 0 aromatic heterocycles. The number of sulfone groups is 1. The fourth-order valence-electron chi connectivity index (χ4n) is 3.32. The Balaban J connectivity index is 1.57. The standard InChI is InChI=1S/C19H15Cl2FN2O4S2/c20-11-1-4-13(5-2-11)28-8-18(25)23-19-24(12-3-6-15(22)14(21)7-12)16-9-30(26,27)10-17(16)29-19/h1-7,16-17H,8-10H2. The normalized spacial score (nSPS) is 23.6. The fraction of sp³-hybridized carbons (Fsp3) is 0.263. The Morgan fingerprint density at radius 1 is 1.20 bits per heavy atom. The van der Waals surface area contributed by atoms with Crippen LogP contribution in [0.3, 0.4) is 0 Å². The minimum absolute atomic E-state index is 0.0117. The number of anilines is 1. The van der Waals surface area contributed by atoms with Crippen LogP contribution >= 0.6 is 35.0 Å². The van der Waals surface area contributed by atoms with Crippen LogP contribution in [0.2, 0.25) is 10.0 Å². The number of aliphatic imine (C=N–C) groups is 1. The van der Waals surface area contributed by atoms with Gasteiger partial charge in [0.1, 0.15) is 11.6 Å². The van der Waals surface area contributed by atoms with Crippen molar-refractivity contribution < 1.29 is 22.3 Å². The molecule has 2 aromatic rings. The highest BCUT2D eigenvalue weighted by atomic mass is 35.5. The zero-order valence-electron chi connectivity index (χ0n) is 15.3. The molecule has 6 nitrogen and oxygen atoms in total. The zero-order valence-corrected chi connectivity index (χ0v) is 18.4. The molecule has 0 radical (unpaired) electrons. The van der Waals surface area contributed by atoms with Crippen LogP contribution in [0.25, 0.3) is 0 Å². The molecule has 2 fully saturated rings. The lowest BCUT2D eigenvalue weighted by atomic mass is 10.2. The minimum Gasteiger partial charge on any atom is -0.484 e. The fourth-order valence-corrected chi connectivity index (χ4v) is 7.55. The van der Waals surface area contributed by atoms with Crippen molar-refractivity contribution in [3.63, 3.8) is 0 Å². The third kappa shape index (κ3) is 4.59. The van der Waals surface area contributed by atoms with Crippen LogP contribution < -0.4 is 9.64 Å². The van der Waals surface area contributed by atoms with Crippen molar-refractivity contribution in [3.05, 3.63) is 58.3 Å². The van der Waals surface area contributed by atoms with E-state index >= 15 is 0 Å². The van der Waals surface area contributed by atoms with E-state index in [-0.39, 0.29) is 28.4 Å². The van der Waals surface area contributed by atoms with E-state index in [4.69, 9.17) is 27.9 Å². The second kappa shape index (κ2) is 8.37. The maximum atomic E-state index is 13.6. The second-order valence-electron chi connectivity index (χ2n) is 6.80. The van der Waals surface area contributed by atoms with Crippen molar-refractivity contribution in [2.75, 3.05) is 23.0 Å². The minimum atomic E-state index is -3.21. The first-order valence-corrected chi connectivity index (χ1v) is 12.3. The van der Waals surface area contributed by atoms with E-state index in [1.807, 2.05) is 0 Å². The van der Waals surface area contributed by atoms with Crippen molar-refractivity contribution in [3.8, 4) is 5.75 Å². The molecular weight excluding hydrogens is 474 g/mol. The van der Waals surface area contributed by atoms with Gasteiger partial charge in [0.2, 0.25) is 0 Å². The maximum absolute atomic E-state index is 13.6. The average Bonchev–Trinajstić information content (AvgIpc) is 3.14. The molecule has 30 heavy (non-hydrogen) atoms. The van der Waals surface area contributed by atoms with Gasteiger partial charge in [-0.1, -0.05) is 35.0 Å². The van der Waals surface area contributed by atoms with Crippen LogP contribution in [0.15, 0.2) is 47.5 Å².